The number of carbonyl (C=O) groups is 2. The lowest BCUT2D eigenvalue weighted by atomic mass is 9.66. The van der Waals surface area contributed by atoms with Crippen LogP contribution in [0.15, 0.2) is 65.6 Å². The Morgan fingerprint density at radius 2 is 1.56 bits per heavy atom. The van der Waals surface area contributed by atoms with E-state index in [-0.39, 0.29) is 22.4 Å². The first kappa shape index (κ1) is 28.7. The normalized spacial score (nSPS) is 18.1. The molecule has 2 amide bonds. The van der Waals surface area contributed by atoms with E-state index < -0.39 is 50.4 Å². The number of hydrogen-bond donors (Lipinski definition) is 1. The molecule has 0 bridgehead atoms. The van der Waals surface area contributed by atoms with Crippen molar-refractivity contribution in [3.05, 3.63) is 89.2 Å². The van der Waals surface area contributed by atoms with Gasteiger partial charge in [0.15, 0.2) is 0 Å². The Hall–Kier alpha value is -3.86. The Morgan fingerprint density at radius 1 is 0.927 bits per heavy atom. The molecule has 2 aliphatic rings. The summed E-state index contributed by atoms with van der Waals surface area (Å²) >= 11 is 0. The van der Waals surface area contributed by atoms with Crippen LogP contribution in [0, 0.1) is 23.4 Å². The van der Waals surface area contributed by atoms with Gasteiger partial charge >= 0.3 is 0 Å². The number of amides is 2. The van der Waals surface area contributed by atoms with E-state index in [2.05, 4.69) is 5.32 Å². The minimum Gasteiger partial charge on any atom is -0.343 e. The Labute approximate surface area is 237 Å². The van der Waals surface area contributed by atoms with Gasteiger partial charge in [-0.15, -0.1) is 0 Å². The number of nitrogens with one attached hydrogen (secondary N) is 1. The Morgan fingerprint density at radius 3 is 2.17 bits per heavy atom. The number of piperidine rings is 1. The minimum absolute atomic E-state index is 0.0623. The maximum absolute atomic E-state index is 14.3. The zero-order chi connectivity index (χ0) is 29.7. The molecular formula is C30H30F3N3O4S. The summed E-state index contributed by atoms with van der Waals surface area (Å²) in [4.78, 5) is 26.7. The number of hydrogen-bond acceptors (Lipinski definition) is 4. The highest BCUT2D eigenvalue weighted by Gasteiger charge is 2.56. The van der Waals surface area contributed by atoms with Crippen LogP contribution in [0.2, 0.25) is 0 Å². The van der Waals surface area contributed by atoms with E-state index in [4.69, 9.17) is 0 Å². The van der Waals surface area contributed by atoms with Crippen LogP contribution < -0.4 is 9.62 Å². The lowest BCUT2D eigenvalue weighted by molar-refractivity contribution is -0.130. The van der Waals surface area contributed by atoms with Gasteiger partial charge in [0.1, 0.15) is 17.5 Å². The van der Waals surface area contributed by atoms with E-state index in [1.54, 1.807) is 17.0 Å². The Balaban J connectivity index is 1.63. The van der Waals surface area contributed by atoms with E-state index >= 15 is 0 Å². The maximum atomic E-state index is 14.3. The van der Waals surface area contributed by atoms with Crippen LogP contribution in [0.1, 0.15) is 49.5 Å². The van der Waals surface area contributed by atoms with Gasteiger partial charge in [-0.2, -0.15) is 0 Å². The van der Waals surface area contributed by atoms with Crippen LogP contribution in [-0.4, -0.2) is 44.3 Å². The van der Waals surface area contributed by atoms with Crippen LogP contribution in [0.4, 0.5) is 24.5 Å². The zero-order valence-corrected chi connectivity index (χ0v) is 23.6. The van der Waals surface area contributed by atoms with E-state index in [0.29, 0.717) is 37.2 Å². The third-order valence-corrected chi connectivity index (χ3v) is 9.93. The second kappa shape index (κ2) is 10.5. The molecule has 1 atom stereocenters. The van der Waals surface area contributed by atoms with Gasteiger partial charge in [0.05, 0.1) is 22.2 Å². The first-order valence-corrected chi connectivity index (χ1v) is 14.8. The number of likely N-dealkylation sites (tertiary alicyclic amines) is 1. The molecule has 0 aromatic heterocycles. The second-order valence-electron chi connectivity index (χ2n) is 10.9. The fourth-order valence-electron chi connectivity index (χ4n) is 6.30. The maximum Gasteiger partial charge on any atom is 0.264 e. The number of anilines is 2. The molecule has 5 rings (SSSR count). The summed E-state index contributed by atoms with van der Waals surface area (Å²) in [7, 11) is -4.15. The van der Waals surface area contributed by atoms with Crippen molar-refractivity contribution in [3.63, 3.8) is 0 Å². The molecule has 2 aliphatic heterocycles. The molecule has 0 saturated carbocycles. The summed E-state index contributed by atoms with van der Waals surface area (Å²) in [5.74, 6) is -3.29. The van der Waals surface area contributed by atoms with Gasteiger partial charge in [0, 0.05) is 31.1 Å². The molecule has 3 aromatic carbocycles. The molecule has 1 spiro atoms. The van der Waals surface area contributed by atoms with Crippen LogP contribution in [0.3, 0.4) is 0 Å². The smallest absolute Gasteiger partial charge is 0.264 e. The predicted molar refractivity (Wildman–Crippen MR) is 149 cm³/mol. The fraction of sp³-hybridized carbons (Fsp3) is 0.333. The quantitative estimate of drug-likeness (QED) is 0.430. The van der Waals surface area contributed by atoms with Gasteiger partial charge in [-0.25, -0.2) is 21.6 Å². The fourth-order valence-corrected chi connectivity index (χ4v) is 8.17. The molecular weight excluding hydrogens is 555 g/mol. The number of sulfonamides is 1. The van der Waals surface area contributed by atoms with Crippen LogP contribution in [0.25, 0.3) is 0 Å². The molecule has 3 aromatic rings. The van der Waals surface area contributed by atoms with Gasteiger partial charge in [0.2, 0.25) is 5.91 Å². The molecule has 0 aliphatic carbocycles. The molecule has 11 heteroatoms. The first-order valence-electron chi connectivity index (χ1n) is 13.3. The van der Waals surface area contributed by atoms with Gasteiger partial charge in [-0.3, -0.25) is 13.9 Å². The lowest BCUT2D eigenvalue weighted by Crippen LogP contribution is -2.55. The summed E-state index contributed by atoms with van der Waals surface area (Å²) in [5, 5.41) is 2.62. The molecule has 7 nitrogen and oxygen atoms in total. The number of carbonyl (C=O) groups excluding carboxylic acids is 2. The Bertz CT molecular complexity index is 1620. The zero-order valence-electron chi connectivity index (χ0n) is 22.8. The monoisotopic (exact) mass is 585 g/mol. The molecule has 0 radical (unpaired) electrons. The van der Waals surface area contributed by atoms with Crippen molar-refractivity contribution in [2.45, 2.75) is 50.0 Å². The van der Waals surface area contributed by atoms with Crippen molar-refractivity contribution in [1.29, 1.82) is 0 Å². The van der Waals surface area contributed by atoms with Crippen molar-refractivity contribution in [2.24, 2.45) is 5.92 Å². The molecule has 41 heavy (non-hydrogen) atoms. The predicted octanol–water partition coefficient (Wildman–Crippen LogP) is 5.47. The van der Waals surface area contributed by atoms with Crippen LogP contribution >= 0.6 is 0 Å². The summed E-state index contributed by atoms with van der Waals surface area (Å²) in [6.07, 6.45) is 0.932. The van der Waals surface area contributed by atoms with Crippen molar-refractivity contribution in [3.8, 4) is 0 Å². The van der Waals surface area contributed by atoms with Gasteiger partial charge in [-0.05, 0) is 85.0 Å². The highest BCUT2D eigenvalue weighted by molar-refractivity contribution is 7.92. The Kier molecular flexibility index (Phi) is 7.35. The van der Waals surface area contributed by atoms with Crippen molar-refractivity contribution in [2.75, 3.05) is 22.7 Å². The average Bonchev–Trinajstić information content (AvgIpc) is 3.20. The van der Waals surface area contributed by atoms with Crippen molar-refractivity contribution >= 4 is 33.2 Å². The summed E-state index contributed by atoms with van der Waals surface area (Å²) < 4.78 is 71.3. The number of rotatable bonds is 5. The summed E-state index contributed by atoms with van der Waals surface area (Å²) in [5.41, 5.74) is 0.194. The molecule has 1 saturated heterocycles. The molecule has 2 heterocycles. The van der Waals surface area contributed by atoms with Gasteiger partial charge in [-0.1, -0.05) is 13.8 Å². The highest BCUT2D eigenvalue weighted by atomic mass is 32.2. The third-order valence-electron chi connectivity index (χ3n) is 8.12. The van der Waals surface area contributed by atoms with Crippen molar-refractivity contribution < 1.29 is 31.2 Å². The molecule has 1 unspecified atom stereocenters. The van der Waals surface area contributed by atoms with Crippen molar-refractivity contribution in [1.82, 2.24) is 4.90 Å². The SMILES string of the molecule is CC(=O)N1CCC2(CC1)c1cc(NC(=O)c3cc(F)ccc3F)ccc1N(S(=O)(=O)c1ccc(F)cc1)C2C(C)C. The first-order chi connectivity index (χ1) is 19.3. The molecule has 216 valence electrons. The third kappa shape index (κ3) is 4.96. The highest BCUT2D eigenvalue weighted by Crippen LogP contribution is 2.55. The second-order valence-corrected chi connectivity index (χ2v) is 12.7. The van der Waals surface area contributed by atoms with Gasteiger partial charge < -0.3 is 10.2 Å². The molecule has 1 N–H and O–H groups in total. The lowest BCUT2D eigenvalue weighted by Gasteiger charge is -2.46. The average molecular weight is 586 g/mol. The van der Waals surface area contributed by atoms with E-state index in [1.165, 1.54) is 29.4 Å². The largest absolute Gasteiger partial charge is 0.343 e. The van der Waals surface area contributed by atoms with Crippen LogP contribution in [-0.2, 0) is 20.2 Å². The number of halogens is 3. The molecule has 1 fully saturated rings. The number of benzene rings is 3. The number of nitrogens with zero attached hydrogens (tertiary/aromatic N) is 2. The summed E-state index contributed by atoms with van der Waals surface area (Å²) in [6, 6.07) is 11.5. The van der Waals surface area contributed by atoms with E-state index in [9.17, 15) is 31.2 Å². The van der Waals surface area contributed by atoms with E-state index in [1.807, 2.05) is 13.8 Å². The topological polar surface area (TPSA) is 86.8 Å². The number of fused-ring (bicyclic) bond motifs is 2. The minimum atomic E-state index is -4.15. The van der Waals surface area contributed by atoms with E-state index in [0.717, 1.165) is 30.3 Å². The standard InChI is InChI=1S/C30H30F3N3O4S/c1-18(2)28-30(12-14-35(15-13-30)19(3)37)25-17-22(34-29(38)24-16-21(32)6-10-26(24)33)7-11-27(25)36(28)41(39,40)23-8-4-20(31)5-9-23/h4-11,16-18,28H,12-15H2,1-3H3,(H,34,38). The van der Waals surface area contributed by atoms with Gasteiger partial charge in [0.25, 0.3) is 15.9 Å². The summed E-state index contributed by atoms with van der Waals surface area (Å²) in [6.45, 7) is 6.17. The van der Waals surface area contributed by atoms with Crippen LogP contribution in [0.5, 0.6) is 0 Å².